The summed E-state index contributed by atoms with van der Waals surface area (Å²) in [6.07, 6.45) is -0.189. The van der Waals surface area contributed by atoms with Gasteiger partial charge >= 0.3 is 0 Å². The van der Waals surface area contributed by atoms with Crippen LogP contribution in [0.25, 0.3) is 22.4 Å². The Labute approximate surface area is 181 Å². The van der Waals surface area contributed by atoms with Crippen molar-refractivity contribution in [3.05, 3.63) is 65.2 Å². The number of nitrogens with one attached hydrogen (secondary N) is 1. The van der Waals surface area contributed by atoms with Gasteiger partial charge in [-0.25, -0.2) is 4.98 Å². The first-order chi connectivity index (χ1) is 15.0. The highest BCUT2D eigenvalue weighted by Gasteiger charge is 2.30. The fourth-order valence-electron chi connectivity index (χ4n) is 4.31. The van der Waals surface area contributed by atoms with E-state index < -0.39 is 0 Å². The Hall–Kier alpha value is -3.67. The van der Waals surface area contributed by atoms with E-state index in [1.807, 2.05) is 24.3 Å². The zero-order valence-electron chi connectivity index (χ0n) is 18.3. The predicted molar refractivity (Wildman–Crippen MR) is 123 cm³/mol. The van der Waals surface area contributed by atoms with Crippen LogP contribution in [0.4, 0.5) is 5.69 Å². The molecule has 4 aromatic rings. The van der Waals surface area contributed by atoms with Gasteiger partial charge in [-0.2, -0.15) is 0 Å². The molecule has 1 N–H and O–H groups in total. The molecule has 6 heteroatoms. The summed E-state index contributed by atoms with van der Waals surface area (Å²) >= 11 is 0. The summed E-state index contributed by atoms with van der Waals surface area (Å²) in [7, 11) is 4.88. The van der Waals surface area contributed by atoms with Gasteiger partial charge in [0.25, 0.3) is 0 Å². The molecule has 1 aliphatic rings. The molecule has 1 unspecified atom stereocenters. The number of benzene rings is 3. The lowest BCUT2D eigenvalue weighted by molar-refractivity contribution is 0.323. The number of methoxy groups -OCH3 is 3. The Balaban J connectivity index is 1.80. The van der Waals surface area contributed by atoms with Crippen molar-refractivity contribution < 1.29 is 14.2 Å². The summed E-state index contributed by atoms with van der Waals surface area (Å²) in [5.74, 6) is 2.76. The van der Waals surface area contributed by atoms with Crippen LogP contribution in [0.1, 0.15) is 22.9 Å². The molecule has 0 aliphatic carbocycles. The van der Waals surface area contributed by atoms with Crippen LogP contribution < -0.4 is 19.5 Å². The first-order valence-electron chi connectivity index (χ1n) is 10.2. The van der Waals surface area contributed by atoms with Gasteiger partial charge in [0.05, 0.1) is 32.4 Å². The Morgan fingerprint density at radius 3 is 2.23 bits per heavy atom. The van der Waals surface area contributed by atoms with Gasteiger partial charge < -0.3 is 19.5 Å². The molecule has 0 radical (unpaired) electrons. The second-order valence-corrected chi connectivity index (χ2v) is 7.78. The molecule has 0 spiro atoms. The van der Waals surface area contributed by atoms with Gasteiger partial charge in [-0.1, -0.05) is 12.1 Å². The van der Waals surface area contributed by atoms with Gasteiger partial charge in [-0.3, -0.25) is 4.57 Å². The van der Waals surface area contributed by atoms with E-state index in [9.17, 15) is 0 Å². The highest BCUT2D eigenvalue weighted by molar-refractivity contribution is 5.87. The average molecular weight is 415 g/mol. The number of anilines is 1. The van der Waals surface area contributed by atoms with E-state index in [0.29, 0.717) is 17.2 Å². The fourth-order valence-corrected chi connectivity index (χ4v) is 4.31. The van der Waals surface area contributed by atoms with Crippen LogP contribution >= 0.6 is 0 Å². The molecule has 31 heavy (non-hydrogen) atoms. The van der Waals surface area contributed by atoms with E-state index in [-0.39, 0.29) is 6.17 Å². The maximum Gasteiger partial charge on any atom is 0.203 e. The van der Waals surface area contributed by atoms with Gasteiger partial charge in [0.15, 0.2) is 11.5 Å². The van der Waals surface area contributed by atoms with E-state index in [2.05, 4.69) is 48.0 Å². The second kappa shape index (κ2) is 7.23. The summed E-state index contributed by atoms with van der Waals surface area (Å²) in [5, 5.41) is 3.69. The minimum Gasteiger partial charge on any atom is -0.493 e. The number of hydrogen-bond donors (Lipinski definition) is 1. The average Bonchev–Trinajstić information content (AvgIpc) is 3.16. The van der Waals surface area contributed by atoms with Gasteiger partial charge in [0.2, 0.25) is 5.75 Å². The molecule has 6 nitrogen and oxygen atoms in total. The number of aromatic nitrogens is 2. The summed E-state index contributed by atoms with van der Waals surface area (Å²) in [6, 6.07) is 16.6. The lowest BCUT2D eigenvalue weighted by Gasteiger charge is -2.31. The summed E-state index contributed by atoms with van der Waals surface area (Å²) < 4.78 is 19.0. The van der Waals surface area contributed by atoms with Crippen molar-refractivity contribution in [2.45, 2.75) is 20.0 Å². The first kappa shape index (κ1) is 19.3. The van der Waals surface area contributed by atoms with Crippen LogP contribution in [0.15, 0.2) is 48.5 Å². The topological polar surface area (TPSA) is 57.5 Å². The Bertz CT molecular complexity index is 1280. The zero-order chi connectivity index (χ0) is 21.7. The third kappa shape index (κ3) is 2.90. The van der Waals surface area contributed by atoms with Crippen molar-refractivity contribution in [3.63, 3.8) is 0 Å². The van der Waals surface area contributed by atoms with E-state index >= 15 is 0 Å². The van der Waals surface area contributed by atoms with Crippen LogP contribution in [-0.2, 0) is 0 Å². The van der Waals surface area contributed by atoms with Crippen molar-refractivity contribution in [3.8, 4) is 28.6 Å². The monoisotopic (exact) mass is 415 g/mol. The molecule has 1 aromatic heterocycles. The largest absolute Gasteiger partial charge is 0.493 e. The summed E-state index contributed by atoms with van der Waals surface area (Å²) in [5.41, 5.74) is 7.64. The Kier molecular flexibility index (Phi) is 4.50. The maximum absolute atomic E-state index is 5.61. The van der Waals surface area contributed by atoms with Crippen molar-refractivity contribution in [1.29, 1.82) is 0 Å². The number of hydrogen-bond acceptors (Lipinski definition) is 5. The molecule has 5 rings (SSSR count). The number of nitrogens with zero attached hydrogens (tertiary/aromatic N) is 2. The van der Waals surface area contributed by atoms with Crippen molar-refractivity contribution in [1.82, 2.24) is 9.55 Å². The van der Waals surface area contributed by atoms with Crippen LogP contribution in [-0.4, -0.2) is 30.9 Å². The molecule has 0 saturated carbocycles. The number of fused-ring (bicyclic) bond motifs is 5. The van der Waals surface area contributed by atoms with E-state index in [4.69, 9.17) is 19.2 Å². The normalized spacial score (nSPS) is 14.5. The fraction of sp³-hybridized carbons (Fsp3) is 0.240. The minimum atomic E-state index is -0.189. The van der Waals surface area contributed by atoms with Gasteiger partial charge in [-0.05, 0) is 61.4 Å². The highest BCUT2D eigenvalue weighted by Crippen LogP contribution is 2.45. The van der Waals surface area contributed by atoms with Crippen molar-refractivity contribution in [2.24, 2.45) is 0 Å². The maximum atomic E-state index is 5.61. The number of aryl methyl sites for hydroxylation is 2. The predicted octanol–water partition coefficient (Wildman–Crippen LogP) is 5.32. The number of ether oxygens (including phenoxy) is 3. The van der Waals surface area contributed by atoms with Crippen LogP contribution in [0, 0.1) is 13.8 Å². The number of para-hydroxylation sites is 1. The lowest BCUT2D eigenvalue weighted by atomic mass is 10.0. The molecule has 3 aromatic carbocycles. The minimum absolute atomic E-state index is 0.189. The van der Waals surface area contributed by atoms with Gasteiger partial charge in [-0.15, -0.1) is 0 Å². The summed E-state index contributed by atoms with van der Waals surface area (Å²) in [6.45, 7) is 4.25. The molecule has 1 atom stereocenters. The Morgan fingerprint density at radius 2 is 1.55 bits per heavy atom. The SMILES string of the molecule is COc1cc(C2Nc3ccccc3-c3nc4cc(C)c(C)cc4n32)cc(OC)c1OC. The number of imidazole rings is 1. The molecule has 0 fully saturated rings. The first-order valence-corrected chi connectivity index (χ1v) is 10.2. The highest BCUT2D eigenvalue weighted by atomic mass is 16.5. The molecular formula is C25H25N3O3. The van der Waals surface area contributed by atoms with E-state index in [1.165, 1.54) is 11.1 Å². The zero-order valence-corrected chi connectivity index (χ0v) is 18.3. The van der Waals surface area contributed by atoms with Crippen molar-refractivity contribution >= 4 is 16.7 Å². The molecule has 0 bridgehead atoms. The lowest BCUT2D eigenvalue weighted by Crippen LogP contribution is -2.25. The third-order valence-electron chi connectivity index (χ3n) is 6.03. The number of rotatable bonds is 4. The molecule has 2 heterocycles. The molecule has 1 aliphatic heterocycles. The van der Waals surface area contributed by atoms with Gasteiger partial charge in [0.1, 0.15) is 12.0 Å². The molecule has 158 valence electrons. The smallest absolute Gasteiger partial charge is 0.203 e. The third-order valence-corrected chi connectivity index (χ3v) is 6.03. The standard InChI is InChI=1S/C25H25N3O3/c1-14-10-19-20(11-15(14)2)28-24(26-18-9-7-6-8-17(18)25(28)27-19)16-12-21(29-3)23(31-5)22(13-16)30-4/h6-13,24,26H,1-5H3. The quantitative estimate of drug-likeness (QED) is 0.489. The van der Waals surface area contributed by atoms with E-state index in [1.54, 1.807) is 21.3 Å². The molecule has 0 saturated heterocycles. The van der Waals surface area contributed by atoms with Crippen LogP contribution in [0.2, 0.25) is 0 Å². The molecule has 0 amide bonds. The van der Waals surface area contributed by atoms with Gasteiger partial charge in [0, 0.05) is 16.8 Å². The van der Waals surface area contributed by atoms with Crippen LogP contribution in [0.5, 0.6) is 17.2 Å². The molecular weight excluding hydrogens is 390 g/mol. The van der Waals surface area contributed by atoms with E-state index in [0.717, 1.165) is 33.7 Å². The Morgan fingerprint density at radius 1 is 0.871 bits per heavy atom. The van der Waals surface area contributed by atoms with Crippen molar-refractivity contribution in [2.75, 3.05) is 26.6 Å². The summed E-state index contributed by atoms with van der Waals surface area (Å²) in [4.78, 5) is 5.03. The van der Waals surface area contributed by atoms with Crippen LogP contribution in [0.3, 0.4) is 0 Å². The second-order valence-electron chi connectivity index (χ2n) is 7.78.